The molecule has 1 amide bonds. The van der Waals surface area contributed by atoms with Crippen LogP contribution in [-0.2, 0) is 4.79 Å². The highest BCUT2D eigenvalue weighted by atomic mass is 16.2. The Balaban J connectivity index is 2.09. The zero-order valence-electron chi connectivity index (χ0n) is 12.8. The maximum atomic E-state index is 12.5. The van der Waals surface area contributed by atoms with E-state index in [0.717, 1.165) is 25.7 Å². The third-order valence-electron chi connectivity index (χ3n) is 4.66. The first-order valence-electron chi connectivity index (χ1n) is 7.60. The lowest BCUT2D eigenvalue weighted by molar-refractivity contribution is -0.128. The Hall–Kier alpha value is -1.35. The van der Waals surface area contributed by atoms with E-state index in [2.05, 4.69) is 31.3 Å². The molecule has 0 aliphatic heterocycles. The quantitative estimate of drug-likeness (QED) is 0.889. The molecule has 3 heteroatoms. The van der Waals surface area contributed by atoms with Gasteiger partial charge >= 0.3 is 0 Å². The summed E-state index contributed by atoms with van der Waals surface area (Å²) in [6.45, 7) is 6.23. The molecule has 0 heterocycles. The molecule has 1 fully saturated rings. The van der Waals surface area contributed by atoms with E-state index in [9.17, 15) is 4.79 Å². The molecule has 1 aromatic carbocycles. The van der Waals surface area contributed by atoms with E-state index < -0.39 is 5.54 Å². The van der Waals surface area contributed by atoms with Crippen molar-refractivity contribution in [2.24, 2.45) is 5.73 Å². The molecule has 0 aromatic heterocycles. The molecular weight excluding hydrogens is 248 g/mol. The fourth-order valence-corrected chi connectivity index (χ4v) is 3.07. The maximum Gasteiger partial charge on any atom is 0.240 e. The van der Waals surface area contributed by atoms with Crippen LogP contribution in [0.25, 0.3) is 0 Å². The Labute approximate surface area is 121 Å². The first kappa shape index (κ1) is 15.0. The molecule has 3 N–H and O–H groups in total. The van der Waals surface area contributed by atoms with E-state index >= 15 is 0 Å². The Morgan fingerprint density at radius 3 is 2.55 bits per heavy atom. The Morgan fingerprint density at radius 2 is 1.90 bits per heavy atom. The number of hydrogen-bond acceptors (Lipinski definition) is 2. The lowest BCUT2D eigenvalue weighted by Gasteiger charge is -2.33. The highest BCUT2D eigenvalue weighted by Crippen LogP contribution is 2.27. The summed E-state index contributed by atoms with van der Waals surface area (Å²) < 4.78 is 0. The van der Waals surface area contributed by atoms with E-state index in [0.29, 0.717) is 0 Å². The summed E-state index contributed by atoms with van der Waals surface area (Å²) in [6.07, 6.45) is 4.92. The van der Waals surface area contributed by atoms with Gasteiger partial charge < -0.3 is 11.1 Å². The second-order valence-electron chi connectivity index (χ2n) is 6.20. The molecule has 20 heavy (non-hydrogen) atoms. The van der Waals surface area contributed by atoms with Crippen LogP contribution in [0, 0.1) is 13.8 Å². The number of benzene rings is 1. The van der Waals surface area contributed by atoms with Crippen molar-refractivity contribution in [1.82, 2.24) is 5.32 Å². The van der Waals surface area contributed by atoms with Gasteiger partial charge in [-0.25, -0.2) is 0 Å². The third kappa shape index (κ3) is 3.04. The van der Waals surface area contributed by atoms with Crippen LogP contribution in [0.3, 0.4) is 0 Å². The van der Waals surface area contributed by atoms with Crippen LogP contribution in [0.2, 0.25) is 0 Å². The van der Waals surface area contributed by atoms with Gasteiger partial charge in [0.05, 0.1) is 11.6 Å². The van der Waals surface area contributed by atoms with Crippen molar-refractivity contribution < 1.29 is 4.79 Å². The van der Waals surface area contributed by atoms with E-state index in [-0.39, 0.29) is 11.9 Å². The number of amides is 1. The zero-order chi connectivity index (χ0) is 14.8. The lowest BCUT2D eigenvalue weighted by atomic mass is 9.81. The van der Waals surface area contributed by atoms with Gasteiger partial charge in [0.1, 0.15) is 0 Å². The second-order valence-corrected chi connectivity index (χ2v) is 6.20. The summed E-state index contributed by atoms with van der Waals surface area (Å²) in [7, 11) is 0. The Bertz CT molecular complexity index is 490. The van der Waals surface area contributed by atoms with Crippen LogP contribution < -0.4 is 11.1 Å². The fraction of sp³-hybridized carbons (Fsp3) is 0.588. The first-order valence-corrected chi connectivity index (χ1v) is 7.60. The largest absolute Gasteiger partial charge is 0.348 e. The van der Waals surface area contributed by atoms with Gasteiger partial charge in [-0.05, 0) is 50.3 Å². The monoisotopic (exact) mass is 274 g/mol. The van der Waals surface area contributed by atoms with E-state index in [1.807, 2.05) is 13.0 Å². The summed E-state index contributed by atoms with van der Waals surface area (Å²) in [4.78, 5) is 12.5. The van der Waals surface area contributed by atoms with Crippen LogP contribution in [-0.4, -0.2) is 11.4 Å². The Morgan fingerprint density at radius 1 is 1.25 bits per heavy atom. The van der Waals surface area contributed by atoms with E-state index in [4.69, 9.17) is 5.73 Å². The van der Waals surface area contributed by atoms with Crippen LogP contribution in [0.4, 0.5) is 0 Å². The smallest absolute Gasteiger partial charge is 0.240 e. The van der Waals surface area contributed by atoms with Gasteiger partial charge in [0.25, 0.3) is 0 Å². The Kier molecular flexibility index (Phi) is 4.48. The summed E-state index contributed by atoms with van der Waals surface area (Å²) >= 11 is 0. The molecule has 0 radical (unpaired) electrons. The standard InChI is InChI=1S/C17H26N2O/c1-12-8-7-9-15(13(12)2)14(3)19-16(20)17(18)10-5-4-6-11-17/h7-9,14H,4-6,10-11,18H2,1-3H3,(H,19,20). The first-order chi connectivity index (χ1) is 9.44. The van der Waals surface area contributed by atoms with Gasteiger partial charge in [0, 0.05) is 0 Å². The van der Waals surface area contributed by atoms with Gasteiger partial charge in [-0.1, -0.05) is 37.5 Å². The molecule has 1 unspecified atom stereocenters. The number of nitrogens with two attached hydrogens (primary N) is 1. The molecule has 1 aromatic rings. The van der Waals surface area contributed by atoms with Crippen molar-refractivity contribution >= 4 is 5.91 Å². The molecule has 0 bridgehead atoms. The highest BCUT2D eigenvalue weighted by molar-refractivity contribution is 5.86. The van der Waals surface area contributed by atoms with Gasteiger partial charge in [-0.15, -0.1) is 0 Å². The SMILES string of the molecule is Cc1cccc(C(C)NC(=O)C2(N)CCCCC2)c1C. The summed E-state index contributed by atoms with van der Waals surface area (Å²) in [6, 6.07) is 6.22. The lowest BCUT2D eigenvalue weighted by Crippen LogP contribution is -2.55. The fourth-order valence-electron chi connectivity index (χ4n) is 3.07. The molecule has 2 rings (SSSR count). The molecule has 110 valence electrons. The van der Waals surface area contributed by atoms with Crippen LogP contribution in [0.5, 0.6) is 0 Å². The van der Waals surface area contributed by atoms with Crippen LogP contribution >= 0.6 is 0 Å². The molecule has 0 spiro atoms. The van der Waals surface area contributed by atoms with Crippen molar-refractivity contribution in [3.8, 4) is 0 Å². The van der Waals surface area contributed by atoms with Crippen molar-refractivity contribution in [2.75, 3.05) is 0 Å². The van der Waals surface area contributed by atoms with Crippen molar-refractivity contribution in [3.63, 3.8) is 0 Å². The molecule has 0 saturated heterocycles. The van der Waals surface area contributed by atoms with Gasteiger partial charge in [0.2, 0.25) is 5.91 Å². The average molecular weight is 274 g/mol. The molecule has 1 aliphatic carbocycles. The number of carbonyl (C=O) groups excluding carboxylic acids is 1. The minimum Gasteiger partial charge on any atom is -0.348 e. The molecule has 1 atom stereocenters. The second kappa shape index (κ2) is 5.96. The summed E-state index contributed by atoms with van der Waals surface area (Å²) in [5, 5.41) is 3.11. The summed E-state index contributed by atoms with van der Waals surface area (Å²) in [5.74, 6) is 0.00519. The van der Waals surface area contributed by atoms with Crippen molar-refractivity contribution in [2.45, 2.75) is 64.5 Å². The topological polar surface area (TPSA) is 55.1 Å². The number of rotatable bonds is 3. The minimum absolute atomic E-state index is 0.00440. The third-order valence-corrected chi connectivity index (χ3v) is 4.66. The van der Waals surface area contributed by atoms with Crippen LogP contribution in [0.15, 0.2) is 18.2 Å². The number of nitrogens with one attached hydrogen (secondary N) is 1. The highest BCUT2D eigenvalue weighted by Gasteiger charge is 2.35. The zero-order valence-corrected chi connectivity index (χ0v) is 12.8. The maximum absolute atomic E-state index is 12.5. The molecule has 1 saturated carbocycles. The molecule has 1 aliphatic rings. The number of carbonyl (C=O) groups is 1. The predicted molar refractivity (Wildman–Crippen MR) is 82.5 cm³/mol. The van der Waals surface area contributed by atoms with Gasteiger partial charge in [-0.3, -0.25) is 4.79 Å². The normalized spacial score (nSPS) is 19.4. The predicted octanol–water partition coefficient (Wildman–Crippen LogP) is 3.14. The van der Waals surface area contributed by atoms with E-state index in [1.165, 1.54) is 23.1 Å². The van der Waals surface area contributed by atoms with E-state index in [1.54, 1.807) is 0 Å². The molecule has 3 nitrogen and oxygen atoms in total. The summed E-state index contributed by atoms with van der Waals surface area (Å²) in [5.41, 5.74) is 9.30. The van der Waals surface area contributed by atoms with Gasteiger partial charge in [-0.2, -0.15) is 0 Å². The molecular formula is C17H26N2O. The van der Waals surface area contributed by atoms with Crippen molar-refractivity contribution in [1.29, 1.82) is 0 Å². The number of hydrogen-bond donors (Lipinski definition) is 2. The minimum atomic E-state index is -0.662. The van der Waals surface area contributed by atoms with Crippen LogP contribution in [0.1, 0.15) is 61.8 Å². The average Bonchev–Trinajstić information content (AvgIpc) is 2.42. The number of aryl methyl sites for hydroxylation is 1. The van der Waals surface area contributed by atoms with Gasteiger partial charge in [0.15, 0.2) is 0 Å². The van der Waals surface area contributed by atoms with Crippen molar-refractivity contribution in [3.05, 3.63) is 34.9 Å².